The lowest BCUT2D eigenvalue weighted by atomic mass is 9.89. The molecule has 0 amide bonds. The maximum Gasteiger partial charge on any atom is 0.303 e. The first-order valence-corrected chi connectivity index (χ1v) is 6.96. The minimum atomic E-state index is -0.672. The molecule has 0 N–H and O–H groups in total. The van der Waals surface area contributed by atoms with Gasteiger partial charge in [0.15, 0.2) is 12.2 Å². The molecule has 1 aliphatic rings. The van der Waals surface area contributed by atoms with Crippen molar-refractivity contribution in [3.05, 3.63) is 47.7 Å². The number of hydrogen-bond donors (Lipinski definition) is 0. The van der Waals surface area contributed by atoms with Crippen LogP contribution in [0.15, 0.2) is 36.5 Å². The molecule has 2 atom stereocenters. The Balaban J connectivity index is 2.17. The highest BCUT2D eigenvalue weighted by Gasteiger charge is 2.32. The van der Waals surface area contributed by atoms with E-state index in [9.17, 15) is 9.59 Å². The number of nitrogens with zero attached hydrogens (tertiary/aromatic N) is 1. The predicted octanol–water partition coefficient (Wildman–Crippen LogP) is 2.80. The molecule has 0 aliphatic heterocycles. The third-order valence-corrected chi connectivity index (χ3v) is 3.50. The molecule has 0 unspecified atom stereocenters. The third-order valence-electron chi connectivity index (χ3n) is 3.50. The molecule has 2 aromatic rings. The Morgan fingerprint density at radius 1 is 1.09 bits per heavy atom. The number of hydrogen-bond acceptors (Lipinski definition) is 5. The Labute approximate surface area is 127 Å². The summed E-state index contributed by atoms with van der Waals surface area (Å²) >= 11 is 0. The van der Waals surface area contributed by atoms with Crippen LogP contribution in [0.3, 0.4) is 0 Å². The highest BCUT2D eigenvalue weighted by Crippen LogP contribution is 2.37. The zero-order chi connectivity index (χ0) is 15.7. The Morgan fingerprint density at radius 2 is 1.86 bits per heavy atom. The Kier molecular flexibility index (Phi) is 3.63. The number of ether oxygens (including phenoxy) is 2. The first-order valence-electron chi connectivity index (χ1n) is 6.96. The van der Waals surface area contributed by atoms with Crippen LogP contribution in [0.4, 0.5) is 0 Å². The van der Waals surface area contributed by atoms with Gasteiger partial charge in [-0.1, -0.05) is 18.2 Å². The number of rotatable bonds is 2. The molecule has 0 saturated heterocycles. The molecule has 112 valence electrons. The lowest BCUT2D eigenvalue weighted by Gasteiger charge is -2.29. The summed E-state index contributed by atoms with van der Waals surface area (Å²) in [5.74, 6) is -0.849. The van der Waals surface area contributed by atoms with Crippen molar-refractivity contribution in [1.82, 2.24) is 4.98 Å². The van der Waals surface area contributed by atoms with Crippen molar-refractivity contribution in [2.24, 2.45) is 0 Å². The number of carbonyl (C=O) groups is 2. The Morgan fingerprint density at radius 3 is 2.59 bits per heavy atom. The average molecular weight is 297 g/mol. The number of carbonyl (C=O) groups excluding carboxylic acids is 2. The molecule has 1 aromatic heterocycles. The lowest BCUT2D eigenvalue weighted by Crippen LogP contribution is -2.29. The van der Waals surface area contributed by atoms with Gasteiger partial charge in [0.05, 0.1) is 5.52 Å². The van der Waals surface area contributed by atoms with E-state index in [0.29, 0.717) is 0 Å². The van der Waals surface area contributed by atoms with Gasteiger partial charge in [0, 0.05) is 31.0 Å². The molecule has 0 bridgehead atoms. The summed E-state index contributed by atoms with van der Waals surface area (Å²) in [7, 11) is 0. The van der Waals surface area contributed by atoms with E-state index in [1.807, 2.05) is 30.3 Å². The molecule has 0 spiro atoms. The number of benzene rings is 1. The summed E-state index contributed by atoms with van der Waals surface area (Å²) in [5, 5.41) is 0.882. The topological polar surface area (TPSA) is 65.5 Å². The molecule has 3 rings (SSSR count). The summed E-state index contributed by atoms with van der Waals surface area (Å²) in [6, 6.07) is 7.57. The number of pyridine rings is 1. The molecule has 22 heavy (non-hydrogen) atoms. The number of aromatic nitrogens is 1. The maximum absolute atomic E-state index is 11.5. The second-order valence-electron chi connectivity index (χ2n) is 5.10. The second kappa shape index (κ2) is 5.60. The van der Waals surface area contributed by atoms with E-state index in [0.717, 1.165) is 22.0 Å². The SMILES string of the molecule is CC(=O)O[C@H]1C=Cc2ccc3ncccc3c2[C@@H]1OC(C)=O. The fourth-order valence-electron chi connectivity index (χ4n) is 2.72. The molecule has 0 radical (unpaired) electrons. The molecule has 1 heterocycles. The van der Waals surface area contributed by atoms with Crippen molar-refractivity contribution in [2.45, 2.75) is 26.1 Å². The van der Waals surface area contributed by atoms with Crippen LogP contribution in [0.2, 0.25) is 0 Å². The van der Waals surface area contributed by atoms with E-state index < -0.39 is 24.1 Å². The smallest absolute Gasteiger partial charge is 0.303 e. The summed E-state index contributed by atoms with van der Waals surface area (Å²) < 4.78 is 10.7. The van der Waals surface area contributed by atoms with Gasteiger partial charge in [0.25, 0.3) is 0 Å². The van der Waals surface area contributed by atoms with Crippen molar-refractivity contribution in [1.29, 1.82) is 0 Å². The van der Waals surface area contributed by atoms with Crippen molar-refractivity contribution in [2.75, 3.05) is 0 Å². The molecular weight excluding hydrogens is 282 g/mol. The largest absolute Gasteiger partial charge is 0.454 e. The normalized spacial score (nSPS) is 19.5. The fraction of sp³-hybridized carbons (Fsp3) is 0.235. The monoisotopic (exact) mass is 297 g/mol. The fourth-order valence-corrected chi connectivity index (χ4v) is 2.72. The van der Waals surface area contributed by atoms with Gasteiger partial charge >= 0.3 is 11.9 Å². The van der Waals surface area contributed by atoms with Gasteiger partial charge in [0.1, 0.15) is 0 Å². The second-order valence-corrected chi connectivity index (χ2v) is 5.10. The van der Waals surface area contributed by atoms with Crippen molar-refractivity contribution >= 4 is 28.9 Å². The van der Waals surface area contributed by atoms with Gasteiger partial charge in [-0.2, -0.15) is 0 Å². The molecule has 0 saturated carbocycles. The molecule has 5 heteroatoms. The molecule has 0 fully saturated rings. The van der Waals surface area contributed by atoms with Gasteiger partial charge in [-0.05, 0) is 23.8 Å². The zero-order valence-electron chi connectivity index (χ0n) is 12.3. The summed E-state index contributed by atoms with van der Waals surface area (Å²) in [5.41, 5.74) is 2.54. The van der Waals surface area contributed by atoms with Crippen LogP contribution in [0, 0.1) is 0 Å². The minimum Gasteiger partial charge on any atom is -0.454 e. The third kappa shape index (κ3) is 2.57. The van der Waals surface area contributed by atoms with Crippen LogP contribution >= 0.6 is 0 Å². The van der Waals surface area contributed by atoms with Crippen molar-refractivity contribution < 1.29 is 19.1 Å². The van der Waals surface area contributed by atoms with Gasteiger partial charge < -0.3 is 9.47 Å². The average Bonchev–Trinajstić information content (AvgIpc) is 2.48. The van der Waals surface area contributed by atoms with Crippen LogP contribution in [0.25, 0.3) is 17.0 Å². The molecule has 1 aliphatic carbocycles. The summed E-state index contributed by atoms with van der Waals surface area (Å²) in [4.78, 5) is 27.1. The maximum atomic E-state index is 11.5. The van der Waals surface area contributed by atoms with Crippen molar-refractivity contribution in [3.8, 4) is 0 Å². The number of fused-ring (bicyclic) bond motifs is 3. The molecule has 1 aromatic carbocycles. The van der Waals surface area contributed by atoms with E-state index in [4.69, 9.17) is 9.47 Å². The van der Waals surface area contributed by atoms with Gasteiger partial charge in [0.2, 0.25) is 0 Å². The van der Waals surface area contributed by atoms with Crippen LogP contribution in [-0.2, 0) is 19.1 Å². The molecule has 5 nitrogen and oxygen atoms in total. The van der Waals surface area contributed by atoms with E-state index in [2.05, 4.69) is 4.98 Å². The first kappa shape index (κ1) is 14.3. The van der Waals surface area contributed by atoms with Crippen LogP contribution in [0.1, 0.15) is 31.1 Å². The Hall–Kier alpha value is -2.69. The predicted molar refractivity (Wildman–Crippen MR) is 80.8 cm³/mol. The van der Waals surface area contributed by atoms with Crippen LogP contribution in [-0.4, -0.2) is 23.0 Å². The quantitative estimate of drug-likeness (QED) is 0.797. The van der Waals surface area contributed by atoms with Gasteiger partial charge in [-0.3, -0.25) is 14.6 Å². The highest BCUT2D eigenvalue weighted by molar-refractivity contribution is 5.87. The summed E-state index contributed by atoms with van der Waals surface area (Å²) in [6.45, 7) is 2.67. The minimum absolute atomic E-state index is 0.423. The molecular formula is C17H15NO4. The van der Waals surface area contributed by atoms with E-state index >= 15 is 0 Å². The first-order chi connectivity index (χ1) is 10.6. The van der Waals surface area contributed by atoms with Gasteiger partial charge in [-0.15, -0.1) is 0 Å². The van der Waals surface area contributed by atoms with Gasteiger partial charge in [-0.25, -0.2) is 0 Å². The van der Waals surface area contributed by atoms with E-state index in [1.54, 1.807) is 12.3 Å². The van der Waals surface area contributed by atoms with E-state index in [-0.39, 0.29) is 0 Å². The van der Waals surface area contributed by atoms with Crippen LogP contribution in [0.5, 0.6) is 0 Å². The van der Waals surface area contributed by atoms with E-state index in [1.165, 1.54) is 13.8 Å². The highest BCUT2D eigenvalue weighted by atomic mass is 16.6. The van der Waals surface area contributed by atoms with Crippen LogP contribution < -0.4 is 0 Å². The zero-order valence-corrected chi connectivity index (χ0v) is 12.3. The lowest BCUT2D eigenvalue weighted by molar-refractivity contribution is -0.162. The number of esters is 2. The summed E-state index contributed by atoms with van der Waals surface area (Å²) in [6.07, 6.45) is 4.00. The van der Waals surface area contributed by atoms with Crippen molar-refractivity contribution in [3.63, 3.8) is 0 Å². The Bertz CT molecular complexity index is 781. The standard InChI is InChI=1S/C17H15NO4/c1-10(19)21-15-8-6-12-5-7-14-13(4-3-9-18-14)16(12)17(15)22-11(2)20/h3-9,15,17H,1-2H3/t15-,17+/m0/s1.